The molecule has 2 rings (SSSR count). The minimum absolute atomic E-state index is 0.357. The van der Waals surface area contributed by atoms with Crippen LogP contribution in [0.15, 0.2) is 12.1 Å². The van der Waals surface area contributed by atoms with E-state index in [1.54, 1.807) is 0 Å². The third-order valence-electron chi connectivity index (χ3n) is 3.02. The molecule has 1 aliphatic rings. The Labute approximate surface area is 107 Å². The van der Waals surface area contributed by atoms with Crippen molar-refractivity contribution in [3.8, 4) is 11.5 Å². The molecule has 0 aliphatic carbocycles. The molecule has 3 nitrogen and oxygen atoms in total. The average molecular weight is 256 g/mol. The predicted molar refractivity (Wildman–Crippen MR) is 70.4 cm³/mol. The lowest BCUT2D eigenvalue weighted by atomic mass is 10.1. The maximum atomic E-state index is 6.21. The van der Waals surface area contributed by atoms with E-state index in [1.807, 2.05) is 12.1 Å². The van der Waals surface area contributed by atoms with Crippen molar-refractivity contribution < 1.29 is 9.47 Å². The summed E-state index contributed by atoms with van der Waals surface area (Å²) in [5.74, 6) is 2.03. The van der Waals surface area contributed by atoms with Crippen molar-refractivity contribution in [2.75, 3.05) is 18.5 Å². The number of hydrogen-bond acceptors (Lipinski definition) is 3. The van der Waals surface area contributed by atoms with Gasteiger partial charge in [0.1, 0.15) is 13.2 Å². The largest absolute Gasteiger partial charge is 0.486 e. The Balaban J connectivity index is 2.22. The molecule has 17 heavy (non-hydrogen) atoms. The van der Waals surface area contributed by atoms with E-state index in [0.717, 1.165) is 17.2 Å². The summed E-state index contributed by atoms with van der Waals surface area (Å²) >= 11 is 6.21. The Kier molecular flexibility index (Phi) is 3.67. The van der Waals surface area contributed by atoms with E-state index in [0.29, 0.717) is 30.2 Å². The molecule has 0 saturated carbocycles. The van der Waals surface area contributed by atoms with E-state index >= 15 is 0 Å². The van der Waals surface area contributed by atoms with Gasteiger partial charge in [0.05, 0.1) is 10.7 Å². The normalized spacial score (nSPS) is 15.8. The van der Waals surface area contributed by atoms with E-state index in [2.05, 4.69) is 26.1 Å². The molecule has 0 amide bonds. The van der Waals surface area contributed by atoms with Gasteiger partial charge in [-0.05, 0) is 12.8 Å². The second kappa shape index (κ2) is 5.05. The molecule has 1 aromatic rings. The van der Waals surface area contributed by atoms with Crippen LogP contribution in [0.1, 0.15) is 20.8 Å². The maximum absolute atomic E-state index is 6.21. The highest BCUT2D eigenvalue weighted by Gasteiger charge is 2.16. The van der Waals surface area contributed by atoms with Crippen molar-refractivity contribution in [2.45, 2.75) is 26.8 Å². The molecule has 1 unspecified atom stereocenters. The van der Waals surface area contributed by atoms with Crippen LogP contribution in [0.3, 0.4) is 0 Å². The van der Waals surface area contributed by atoms with E-state index in [-0.39, 0.29) is 0 Å². The summed E-state index contributed by atoms with van der Waals surface area (Å²) in [5.41, 5.74) is 0.900. The summed E-state index contributed by atoms with van der Waals surface area (Å²) in [6.07, 6.45) is 0. The van der Waals surface area contributed by atoms with Crippen LogP contribution < -0.4 is 14.8 Å². The van der Waals surface area contributed by atoms with Crippen LogP contribution >= 0.6 is 11.6 Å². The van der Waals surface area contributed by atoms with Crippen molar-refractivity contribution in [1.29, 1.82) is 0 Å². The molecule has 0 aromatic heterocycles. The standard InChI is InChI=1S/C13H18ClNO2/c1-8(2)9(3)15-11-7-13-12(6-10(11)14)16-4-5-17-13/h6-9,15H,4-5H2,1-3H3. The van der Waals surface area contributed by atoms with E-state index in [9.17, 15) is 0 Å². The van der Waals surface area contributed by atoms with E-state index < -0.39 is 0 Å². The quantitative estimate of drug-likeness (QED) is 0.896. The third-order valence-corrected chi connectivity index (χ3v) is 3.33. The SMILES string of the molecule is CC(C)C(C)Nc1cc2c(cc1Cl)OCCO2. The minimum Gasteiger partial charge on any atom is -0.486 e. The molecule has 0 spiro atoms. The highest BCUT2D eigenvalue weighted by atomic mass is 35.5. The summed E-state index contributed by atoms with van der Waals surface area (Å²) in [6.45, 7) is 7.65. The number of rotatable bonds is 3. The van der Waals surface area contributed by atoms with Crippen molar-refractivity contribution in [1.82, 2.24) is 0 Å². The number of ether oxygens (including phenoxy) is 2. The lowest BCUT2D eigenvalue weighted by Gasteiger charge is -2.23. The van der Waals surface area contributed by atoms with Crippen LogP contribution in [0, 0.1) is 5.92 Å². The highest BCUT2D eigenvalue weighted by molar-refractivity contribution is 6.33. The first-order valence-electron chi connectivity index (χ1n) is 5.93. The zero-order valence-corrected chi connectivity index (χ0v) is 11.2. The lowest BCUT2D eigenvalue weighted by Crippen LogP contribution is -2.22. The smallest absolute Gasteiger partial charge is 0.163 e. The molecule has 1 heterocycles. The minimum atomic E-state index is 0.357. The average Bonchev–Trinajstić information content (AvgIpc) is 2.29. The number of fused-ring (bicyclic) bond motifs is 1. The van der Waals surface area contributed by atoms with Gasteiger partial charge in [0.2, 0.25) is 0 Å². The molecule has 1 atom stereocenters. The Morgan fingerprint density at radius 1 is 1.12 bits per heavy atom. The van der Waals surface area contributed by atoms with Gasteiger partial charge in [0.15, 0.2) is 11.5 Å². The summed E-state index contributed by atoms with van der Waals surface area (Å²) < 4.78 is 11.0. The lowest BCUT2D eigenvalue weighted by molar-refractivity contribution is 0.171. The first-order valence-corrected chi connectivity index (χ1v) is 6.31. The Morgan fingerprint density at radius 2 is 1.71 bits per heavy atom. The number of hydrogen-bond donors (Lipinski definition) is 1. The van der Waals surface area contributed by atoms with Crippen LogP contribution in [0.2, 0.25) is 5.02 Å². The van der Waals surface area contributed by atoms with Gasteiger partial charge in [0, 0.05) is 18.2 Å². The molecule has 94 valence electrons. The van der Waals surface area contributed by atoms with Crippen molar-refractivity contribution in [2.24, 2.45) is 5.92 Å². The zero-order valence-electron chi connectivity index (χ0n) is 10.4. The fraction of sp³-hybridized carbons (Fsp3) is 0.538. The predicted octanol–water partition coefficient (Wildman–Crippen LogP) is 3.57. The van der Waals surface area contributed by atoms with Gasteiger partial charge in [-0.3, -0.25) is 0 Å². The third kappa shape index (κ3) is 2.78. The van der Waals surface area contributed by atoms with E-state index in [4.69, 9.17) is 21.1 Å². The second-order valence-corrected chi connectivity index (χ2v) is 5.06. The monoisotopic (exact) mass is 255 g/mol. The van der Waals surface area contributed by atoms with Gasteiger partial charge in [-0.1, -0.05) is 25.4 Å². The number of anilines is 1. The van der Waals surface area contributed by atoms with Crippen molar-refractivity contribution in [3.05, 3.63) is 17.2 Å². The molecule has 0 bridgehead atoms. The van der Waals surface area contributed by atoms with Crippen LogP contribution in [0.4, 0.5) is 5.69 Å². The maximum Gasteiger partial charge on any atom is 0.163 e. The first kappa shape index (κ1) is 12.4. The summed E-state index contributed by atoms with van der Waals surface area (Å²) in [4.78, 5) is 0. The molecule has 1 N–H and O–H groups in total. The first-order chi connectivity index (χ1) is 8.08. The summed E-state index contributed by atoms with van der Waals surface area (Å²) in [7, 11) is 0. The molecule has 1 aliphatic heterocycles. The van der Waals surface area contributed by atoms with Crippen molar-refractivity contribution in [3.63, 3.8) is 0 Å². The van der Waals surface area contributed by atoms with Gasteiger partial charge in [0.25, 0.3) is 0 Å². The number of nitrogens with one attached hydrogen (secondary N) is 1. The van der Waals surface area contributed by atoms with Gasteiger partial charge < -0.3 is 14.8 Å². The molecule has 1 aromatic carbocycles. The molecule has 4 heteroatoms. The summed E-state index contributed by atoms with van der Waals surface area (Å²) in [5, 5.41) is 4.06. The fourth-order valence-electron chi connectivity index (χ4n) is 1.59. The van der Waals surface area contributed by atoms with Gasteiger partial charge in [-0.15, -0.1) is 0 Å². The van der Waals surface area contributed by atoms with Crippen molar-refractivity contribution >= 4 is 17.3 Å². The molecule has 0 saturated heterocycles. The molecular formula is C13H18ClNO2. The number of benzene rings is 1. The Hall–Kier alpha value is -1.09. The summed E-state index contributed by atoms with van der Waals surface area (Å²) in [6, 6.07) is 4.08. The second-order valence-electron chi connectivity index (χ2n) is 4.65. The molecular weight excluding hydrogens is 238 g/mol. The van der Waals surface area contributed by atoms with Gasteiger partial charge >= 0.3 is 0 Å². The number of halogens is 1. The van der Waals surface area contributed by atoms with Gasteiger partial charge in [-0.2, -0.15) is 0 Å². The Morgan fingerprint density at radius 3 is 2.29 bits per heavy atom. The topological polar surface area (TPSA) is 30.5 Å². The fourth-order valence-corrected chi connectivity index (χ4v) is 1.79. The van der Waals surface area contributed by atoms with Crippen LogP contribution in [-0.2, 0) is 0 Å². The van der Waals surface area contributed by atoms with E-state index in [1.165, 1.54) is 0 Å². The van der Waals surface area contributed by atoms with Crippen LogP contribution in [0.5, 0.6) is 11.5 Å². The van der Waals surface area contributed by atoms with Gasteiger partial charge in [-0.25, -0.2) is 0 Å². The zero-order chi connectivity index (χ0) is 12.4. The highest BCUT2D eigenvalue weighted by Crippen LogP contribution is 2.38. The molecule has 0 radical (unpaired) electrons. The van der Waals surface area contributed by atoms with Crippen LogP contribution in [-0.4, -0.2) is 19.3 Å². The Bertz CT molecular complexity index is 407. The molecule has 0 fully saturated rings. The van der Waals surface area contributed by atoms with Crippen LogP contribution in [0.25, 0.3) is 0 Å².